The Kier molecular flexibility index (Phi) is 3.52. The van der Waals surface area contributed by atoms with Gasteiger partial charge in [-0.15, -0.1) is 0 Å². The Labute approximate surface area is 79.5 Å². The summed E-state index contributed by atoms with van der Waals surface area (Å²) in [5.74, 6) is 5.72. The summed E-state index contributed by atoms with van der Waals surface area (Å²) in [6.07, 6.45) is 0. The molecule has 1 rings (SSSR count). The zero-order valence-corrected chi connectivity index (χ0v) is 8.30. The molecule has 0 aliphatic carbocycles. The second kappa shape index (κ2) is 4.45. The Morgan fingerprint density at radius 3 is 2.83 bits per heavy atom. The molecule has 0 radical (unpaired) electrons. The molecular formula is C8H10BrNO2. The van der Waals surface area contributed by atoms with Gasteiger partial charge in [0.2, 0.25) is 0 Å². The summed E-state index contributed by atoms with van der Waals surface area (Å²) < 4.78 is 6.01. The van der Waals surface area contributed by atoms with Gasteiger partial charge in [0.15, 0.2) is 0 Å². The average Bonchev–Trinajstić information content (AvgIpc) is 2.09. The molecule has 0 amide bonds. The fourth-order valence-corrected chi connectivity index (χ4v) is 1.30. The molecule has 1 aromatic carbocycles. The first-order valence-corrected chi connectivity index (χ1v) is 4.21. The summed E-state index contributed by atoms with van der Waals surface area (Å²) in [6.45, 7) is 0.393. The lowest BCUT2D eigenvalue weighted by Crippen LogP contribution is -1.99. The molecule has 0 aliphatic rings. The first kappa shape index (κ1) is 9.51. The maximum absolute atomic E-state index is 5.09. The van der Waals surface area contributed by atoms with E-state index in [9.17, 15) is 0 Å². The maximum atomic E-state index is 5.09. The summed E-state index contributed by atoms with van der Waals surface area (Å²) in [5, 5.41) is 0. The second-order valence-electron chi connectivity index (χ2n) is 2.28. The van der Waals surface area contributed by atoms with Gasteiger partial charge in [-0.2, -0.15) is 0 Å². The third-order valence-corrected chi connectivity index (χ3v) is 2.12. The number of ether oxygens (including phenoxy) is 1. The number of nitrogens with two attached hydrogens (primary N) is 1. The minimum atomic E-state index is 0.393. The van der Waals surface area contributed by atoms with E-state index in [1.807, 2.05) is 18.2 Å². The number of rotatable bonds is 3. The van der Waals surface area contributed by atoms with Crippen molar-refractivity contribution in [1.29, 1.82) is 0 Å². The second-order valence-corrected chi connectivity index (χ2v) is 3.13. The van der Waals surface area contributed by atoms with Crippen LogP contribution in [0.15, 0.2) is 22.7 Å². The van der Waals surface area contributed by atoms with Crippen LogP contribution in [0, 0.1) is 0 Å². The molecule has 0 atom stereocenters. The zero-order chi connectivity index (χ0) is 8.97. The predicted molar refractivity (Wildman–Crippen MR) is 49.7 cm³/mol. The highest BCUT2D eigenvalue weighted by atomic mass is 79.9. The van der Waals surface area contributed by atoms with Crippen molar-refractivity contribution in [1.82, 2.24) is 0 Å². The standard InChI is InChI=1S/C8H10BrNO2/c1-11-8-4-6(5-12-10)2-3-7(8)9/h2-4H,5,10H2,1H3. The monoisotopic (exact) mass is 231 g/mol. The minimum absolute atomic E-state index is 0.393. The Morgan fingerprint density at radius 1 is 1.50 bits per heavy atom. The fourth-order valence-electron chi connectivity index (χ4n) is 0.890. The zero-order valence-electron chi connectivity index (χ0n) is 6.71. The van der Waals surface area contributed by atoms with E-state index >= 15 is 0 Å². The predicted octanol–water partition coefficient (Wildman–Crippen LogP) is 1.85. The summed E-state index contributed by atoms with van der Waals surface area (Å²) in [4.78, 5) is 4.50. The highest BCUT2D eigenvalue weighted by Gasteiger charge is 2.00. The highest BCUT2D eigenvalue weighted by Crippen LogP contribution is 2.25. The van der Waals surface area contributed by atoms with Crippen molar-refractivity contribution in [2.75, 3.05) is 7.11 Å². The third kappa shape index (κ3) is 2.20. The van der Waals surface area contributed by atoms with Crippen LogP contribution in [0.25, 0.3) is 0 Å². The van der Waals surface area contributed by atoms with Gasteiger partial charge in [-0.05, 0) is 33.6 Å². The lowest BCUT2D eigenvalue weighted by Gasteiger charge is -2.05. The van der Waals surface area contributed by atoms with Crippen LogP contribution in [0.4, 0.5) is 0 Å². The van der Waals surface area contributed by atoms with Crippen molar-refractivity contribution in [2.45, 2.75) is 6.61 Å². The maximum Gasteiger partial charge on any atom is 0.133 e. The van der Waals surface area contributed by atoms with Gasteiger partial charge in [0.1, 0.15) is 5.75 Å². The van der Waals surface area contributed by atoms with E-state index in [1.165, 1.54) is 0 Å². The molecule has 0 saturated carbocycles. The van der Waals surface area contributed by atoms with Crippen molar-refractivity contribution in [2.24, 2.45) is 5.90 Å². The molecule has 1 aromatic rings. The summed E-state index contributed by atoms with van der Waals surface area (Å²) >= 11 is 3.34. The van der Waals surface area contributed by atoms with Gasteiger partial charge in [-0.1, -0.05) is 6.07 Å². The molecule has 0 aliphatic heterocycles. The number of methoxy groups -OCH3 is 1. The smallest absolute Gasteiger partial charge is 0.133 e. The van der Waals surface area contributed by atoms with Crippen LogP contribution in [0.2, 0.25) is 0 Å². The van der Waals surface area contributed by atoms with Gasteiger partial charge < -0.3 is 4.74 Å². The van der Waals surface area contributed by atoms with E-state index in [0.29, 0.717) is 6.61 Å². The van der Waals surface area contributed by atoms with Crippen molar-refractivity contribution in [3.63, 3.8) is 0 Å². The first-order valence-electron chi connectivity index (χ1n) is 3.42. The Bertz CT molecular complexity index is 265. The van der Waals surface area contributed by atoms with E-state index in [-0.39, 0.29) is 0 Å². The van der Waals surface area contributed by atoms with Crippen LogP contribution in [0.1, 0.15) is 5.56 Å². The number of hydrogen-bond donors (Lipinski definition) is 1. The molecule has 2 N–H and O–H groups in total. The van der Waals surface area contributed by atoms with Crippen LogP contribution in [-0.2, 0) is 11.4 Å². The molecule has 3 nitrogen and oxygen atoms in total. The Balaban J connectivity index is 2.89. The number of halogens is 1. The average molecular weight is 232 g/mol. The third-order valence-electron chi connectivity index (χ3n) is 1.47. The van der Waals surface area contributed by atoms with Gasteiger partial charge in [-0.25, -0.2) is 5.90 Å². The molecule has 0 spiro atoms. The number of benzene rings is 1. The molecule has 0 bridgehead atoms. The van der Waals surface area contributed by atoms with Crippen LogP contribution < -0.4 is 10.6 Å². The first-order chi connectivity index (χ1) is 5.77. The lowest BCUT2D eigenvalue weighted by molar-refractivity contribution is 0.124. The summed E-state index contributed by atoms with van der Waals surface area (Å²) in [7, 11) is 1.62. The van der Waals surface area contributed by atoms with Gasteiger partial charge in [0, 0.05) is 0 Å². The van der Waals surface area contributed by atoms with Gasteiger partial charge in [0.05, 0.1) is 18.2 Å². The van der Waals surface area contributed by atoms with Crippen LogP contribution in [0.5, 0.6) is 5.75 Å². The Hall–Kier alpha value is -0.580. The molecule has 0 unspecified atom stereocenters. The van der Waals surface area contributed by atoms with E-state index < -0.39 is 0 Å². The molecule has 0 heterocycles. The summed E-state index contributed by atoms with van der Waals surface area (Å²) in [6, 6.07) is 5.68. The van der Waals surface area contributed by atoms with Crippen molar-refractivity contribution in [3.8, 4) is 5.75 Å². The molecule has 0 saturated heterocycles. The molecule has 4 heteroatoms. The molecule has 0 fully saturated rings. The number of hydrogen-bond acceptors (Lipinski definition) is 3. The van der Waals surface area contributed by atoms with E-state index in [4.69, 9.17) is 10.6 Å². The largest absolute Gasteiger partial charge is 0.496 e. The van der Waals surface area contributed by atoms with Gasteiger partial charge in [0.25, 0.3) is 0 Å². The highest BCUT2D eigenvalue weighted by molar-refractivity contribution is 9.10. The lowest BCUT2D eigenvalue weighted by atomic mass is 10.2. The minimum Gasteiger partial charge on any atom is -0.496 e. The molecular weight excluding hydrogens is 222 g/mol. The molecule has 66 valence electrons. The van der Waals surface area contributed by atoms with E-state index in [1.54, 1.807) is 7.11 Å². The molecule has 12 heavy (non-hydrogen) atoms. The van der Waals surface area contributed by atoms with Crippen molar-refractivity contribution in [3.05, 3.63) is 28.2 Å². The van der Waals surface area contributed by atoms with Crippen LogP contribution in [-0.4, -0.2) is 7.11 Å². The SMILES string of the molecule is COc1cc(CON)ccc1Br. The van der Waals surface area contributed by atoms with Crippen molar-refractivity contribution >= 4 is 15.9 Å². The van der Waals surface area contributed by atoms with E-state index in [2.05, 4.69) is 20.8 Å². The van der Waals surface area contributed by atoms with Crippen LogP contribution >= 0.6 is 15.9 Å². The van der Waals surface area contributed by atoms with Crippen molar-refractivity contribution < 1.29 is 9.57 Å². The van der Waals surface area contributed by atoms with E-state index in [0.717, 1.165) is 15.8 Å². The quantitative estimate of drug-likeness (QED) is 0.808. The molecule has 0 aromatic heterocycles. The van der Waals surface area contributed by atoms with Gasteiger partial charge in [-0.3, -0.25) is 4.84 Å². The van der Waals surface area contributed by atoms with Crippen LogP contribution in [0.3, 0.4) is 0 Å². The fraction of sp³-hybridized carbons (Fsp3) is 0.250. The normalized spacial score (nSPS) is 9.92. The van der Waals surface area contributed by atoms with Gasteiger partial charge >= 0.3 is 0 Å². The topological polar surface area (TPSA) is 44.5 Å². The Morgan fingerprint density at radius 2 is 2.25 bits per heavy atom. The summed E-state index contributed by atoms with van der Waals surface area (Å²) in [5.41, 5.74) is 0.984.